The van der Waals surface area contributed by atoms with Crippen LogP contribution >= 0.6 is 43.6 Å². The molecule has 0 amide bonds. The lowest BCUT2D eigenvalue weighted by atomic mass is 10.1. The van der Waals surface area contributed by atoms with E-state index in [9.17, 15) is 0 Å². The molecule has 0 heterocycles. The normalized spacial score (nSPS) is 12.5. The number of hydrogen-bond acceptors (Lipinski definition) is 1. The molecule has 132 valence electrons. The van der Waals surface area contributed by atoms with Gasteiger partial charge < -0.3 is 0 Å². The van der Waals surface area contributed by atoms with E-state index in [-0.39, 0.29) is 0 Å². The topological polar surface area (TPSA) is 0 Å². The molecule has 2 aromatic rings. The number of rotatable bonds is 8. The molecule has 0 aromatic heterocycles. The third kappa shape index (κ3) is 8.44. The van der Waals surface area contributed by atoms with Gasteiger partial charge in [-0.25, -0.2) is 0 Å². The predicted octanol–water partition coefficient (Wildman–Crippen LogP) is 7.62. The van der Waals surface area contributed by atoms with Gasteiger partial charge in [0.25, 0.3) is 0 Å². The second kappa shape index (κ2) is 11.1. The molecular formula is C22H24Br2S. The zero-order valence-corrected chi connectivity index (χ0v) is 18.8. The lowest BCUT2D eigenvalue weighted by molar-refractivity contribution is 1.13. The molecule has 0 saturated carbocycles. The number of halogens is 2. The Bertz CT molecular complexity index is 649. The molecule has 0 aliphatic heterocycles. The second-order valence-electron chi connectivity index (χ2n) is 6.24. The minimum absolute atomic E-state index is 1.03. The Kier molecular flexibility index (Phi) is 9.08. The van der Waals surface area contributed by atoms with E-state index in [0.717, 1.165) is 33.3 Å². The van der Waals surface area contributed by atoms with Crippen molar-refractivity contribution in [3.63, 3.8) is 0 Å². The van der Waals surface area contributed by atoms with Crippen LogP contribution in [0, 0.1) is 0 Å². The van der Waals surface area contributed by atoms with E-state index < -0.39 is 0 Å². The smallest absolute Gasteiger partial charge is 0.0175 e. The summed E-state index contributed by atoms with van der Waals surface area (Å²) in [5, 5.41) is 0. The quantitative estimate of drug-likeness (QED) is 0.277. The summed E-state index contributed by atoms with van der Waals surface area (Å²) < 4.78 is 2.28. The molecule has 0 atom stereocenters. The van der Waals surface area contributed by atoms with Gasteiger partial charge in [-0.1, -0.05) is 79.4 Å². The van der Waals surface area contributed by atoms with Crippen molar-refractivity contribution in [3.8, 4) is 0 Å². The molecule has 0 saturated heterocycles. The summed E-state index contributed by atoms with van der Waals surface area (Å²) >= 11 is 8.93. The third-order valence-electron chi connectivity index (χ3n) is 3.89. The van der Waals surface area contributed by atoms with Crippen molar-refractivity contribution >= 4 is 43.6 Å². The highest BCUT2D eigenvalue weighted by Crippen LogP contribution is 2.16. The Morgan fingerprint density at radius 2 is 1.08 bits per heavy atom. The molecule has 2 aromatic carbocycles. The number of thioether (sulfide) groups is 1. The van der Waals surface area contributed by atoms with Crippen LogP contribution in [0.3, 0.4) is 0 Å². The van der Waals surface area contributed by atoms with E-state index in [4.69, 9.17) is 0 Å². The van der Waals surface area contributed by atoms with Crippen molar-refractivity contribution in [2.75, 3.05) is 11.5 Å². The second-order valence-corrected chi connectivity index (χ2v) is 9.15. The van der Waals surface area contributed by atoms with Gasteiger partial charge in [0.2, 0.25) is 0 Å². The van der Waals surface area contributed by atoms with Gasteiger partial charge >= 0.3 is 0 Å². The van der Waals surface area contributed by atoms with Gasteiger partial charge in [0.15, 0.2) is 0 Å². The van der Waals surface area contributed by atoms with Crippen LogP contribution in [0.1, 0.15) is 25.0 Å². The van der Waals surface area contributed by atoms with Crippen LogP contribution in [0.5, 0.6) is 0 Å². The molecule has 0 aliphatic rings. The molecular weight excluding hydrogens is 456 g/mol. The zero-order valence-electron chi connectivity index (χ0n) is 14.8. The van der Waals surface area contributed by atoms with Crippen molar-refractivity contribution in [3.05, 3.63) is 91.9 Å². The molecule has 0 nitrogen and oxygen atoms in total. The maximum absolute atomic E-state index is 3.48. The summed E-state index contributed by atoms with van der Waals surface area (Å²) in [7, 11) is 0. The van der Waals surface area contributed by atoms with Crippen LogP contribution in [0.2, 0.25) is 0 Å². The van der Waals surface area contributed by atoms with Gasteiger partial charge in [0, 0.05) is 20.5 Å². The maximum Gasteiger partial charge on any atom is 0.0175 e. The number of hydrogen-bond donors (Lipinski definition) is 0. The number of allylic oxidation sites excluding steroid dienone is 2. The highest BCUT2D eigenvalue weighted by molar-refractivity contribution is 9.10. The van der Waals surface area contributed by atoms with Gasteiger partial charge in [-0.15, -0.1) is 0 Å². The summed E-state index contributed by atoms with van der Waals surface area (Å²) in [4.78, 5) is 0. The SMILES string of the molecule is CC(=CCSCC=C(C)Cc1ccc(Br)cc1)Cc1ccc(Br)cc1. The Labute approximate surface area is 173 Å². The maximum atomic E-state index is 3.48. The fourth-order valence-electron chi connectivity index (χ4n) is 2.46. The third-order valence-corrected chi connectivity index (χ3v) is 5.75. The monoisotopic (exact) mass is 478 g/mol. The van der Waals surface area contributed by atoms with Crippen LogP contribution in [0.4, 0.5) is 0 Å². The molecule has 0 unspecified atom stereocenters. The Balaban J connectivity index is 1.70. The van der Waals surface area contributed by atoms with Crippen molar-refractivity contribution in [2.45, 2.75) is 26.7 Å². The van der Waals surface area contributed by atoms with Crippen molar-refractivity contribution in [1.29, 1.82) is 0 Å². The van der Waals surface area contributed by atoms with Crippen LogP contribution in [0.15, 0.2) is 80.8 Å². The lowest BCUT2D eigenvalue weighted by Gasteiger charge is -2.04. The molecule has 2 rings (SSSR count). The largest absolute Gasteiger partial charge is 0.154 e. The Morgan fingerprint density at radius 1 is 0.720 bits per heavy atom. The van der Waals surface area contributed by atoms with Crippen molar-refractivity contribution < 1.29 is 0 Å². The highest BCUT2D eigenvalue weighted by Gasteiger charge is 1.97. The fraction of sp³-hybridized carbons (Fsp3) is 0.273. The first-order valence-corrected chi connectivity index (χ1v) is 11.1. The molecule has 0 fully saturated rings. The first-order valence-electron chi connectivity index (χ1n) is 8.41. The minimum atomic E-state index is 1.03. The molecule has 25 heavy (non-hydrogen) atoms. The molecule has 0 spiro atoms. The first-order chi connectivity index (χ1) is 12.0. The molecule has 0 radical (unpaired) electrons. The van der Waals surface area contributed by atoms with Gasteiger partial charge in [-0.2, -0.15) is 11.8 Å². The lowest BCUT2D eigenvalue weighted by Crippen LogP contribution is -1.89. The highest BCUT2D eigenvalue weighted by atomic mass is 79.9. The summed E-state index contributed by atoms with van der Waals surface area (Å²) in [6.07, 6.45) is 6.77. The molecule has 3 heteroatoms. The average molecular weight is 480 g/mol. The van der Waals surface area contributed by atoms with E-state index in [1.165, 1.54) is 22.3 Å². The van der Waals surface area contributed by atoms with Crippen molar-refractivity contribution in [2.24, 2.45) is 0 Å². The Morgan fingerprint density at radius 3 is 1.44 bits per heavy atom. The average Bonchev–Trinajstić information content (AvgIpc) is 2.59. The van der Waals surface area contributed by atoms with Crippen LogP contribution in [0.25, 0.3) is 0 Å². The Hall–Kier alpha value is -0.770. The van der Waals surface area contributed by atoms with Crippen LogP contribution in [-0.2, 0) is 12.8 Å². The summed E-state index contributed by atoms with van der Waals surface area (Å²) in [6.45, 7) is 4.44. The van der Waals surface area contributed by atoms with E-state index in [1.54, 1.807) is 0 Å². The first kappa shape index (κ1) is 20.5. The fourth-order valence-corrected chi connectivity index (χ4v) is 3.93. The zero-order chi connectivity index (χ0) is 18.1. The van der Waals surface area contributed by atoms with E-state index in [0.29, 0.717) is 0 Å². The van der Waals surface area contributed by atoms with Crippen LogP contribution < -0.4 is 0 Å². The molecule has 0 N–H and O–H groups in total. The van der Waals surface area contributed by atoms with Crippen molar-refractivity contribution in [1.82, 2.24) is 0 Å². The van der Waals surface area contributed by atoms with E-state index in [1.807, 2.05) is 11.8 Å². The summed E-state index contributed by atoms with van der Waals surface area (Å²) in [5.41, 5.74) is 5.61. The van der Waals surface area contributed by atoms with Gasteiger partial charge in [-0.05, 0) is 62.1 Å². The van der Waals surface area contributed by atoms with E-state index >= 15 is 0 Å². The molecule has 0 bridgehead atoms. The predicted molar refractivity (Wildman–Crippen MR) is 121 cm³/mol. The van der Waals surface area contributed by atoms with Gasteiger partial charge in [0.05, 0.1) is 0 Å². The van der Waals surface area contributed by atoms with Gasteiger partial charge in [0.1, 0.15) is 0 Å². The molecule has 0 aliphatic carbocycles. The van der Waals surface area contributed by atoms with Gasteiger partial charge in [-0.3, -0.25) is 0 Å². The minimum Gasteiger partial charge on any atom is -0.154 e. The van der Waals surface area contributed by atoms with Crippen LogP contribution in [-0.4, -0.2) is 11.5 Å². The van der Waals surface area contributed by atoms with E-state index in [2.05, 4.69) is 106 Å². The summed E-state index contributed by atoms with van der Waals surface area (Å²) in [6, 6.07) is 17.2. The standard InChI is InChI=1S/C22H24Br2S/c1-17(15-19-3-7-21(23)8-4-19)11-13-25-14-12-18(2)16-20-5-9-22(24)10-6-20/h3-12H,13-16H2,1-2H3. The summed E-state index contributed by atoms with van der Waals surface area (Å²) in [5.74, 6) is 2.15. The number of benzene rings is 2.